The number of unbranched alkanes of at least 4 members (excludes halogenated alkanes) is 2. The van der Waals surface area contributed by atoms with Crippen LogP contribution in [0.25, 0.3) is 33.4 Å². The second-order valence-electron chi connectivity index (χ2n) is 12.4. The van der Waals surface area contributed by atoms with Crippen molar-refractivity contribution in [1.29, 1.82) is 0 Å². The summed E-state index contributed by atoms with van der Waals surface area (Å²) in [6.07, 6.45) is -7.26. The summed E-state index contributed by atoms with van der Waals surface area (Å²) in [5.41, 5.74) is 3.72. The van der Waals surface area contributed by atoms with Crippen molar-refractivity contribution in [3.05, 3.63) is 102 Å². The van der Waals surface area contributed by atoms with E-state index in [1.54, 1.807) is 42.5 Å². The van der Waals surface area contributed by atoms with E-state index in [0.717, 1.165) is 23.5 Å². The highest BCUT2D eigenvalue weighted by Crippen LogP contribution is 2.54. The minimum Gasteiger partial charge on any atom is -0.333 e. The van der Waals surface area contributed by atoms with Crippen molar-refractivity contribution >= 4 is 26.0 Å². The molecule has 4 aromatic carbocycles. The maximum Gasteiger partial charge on any atom is 0.416 e. The van der Waals surface area contributed by atoms with Crippen LogP contribution in [0.5, 0.6) is 0 Å². The van der Waals surface area contributed by atoms with E-state index in [4.69, 9.17) is 9.05 Å². The van der Waals surface area contributed by atoms with Gasteiger partial charge in [0.25, 0.3) is 0 Å². The molecule has 1 saturated heterocycles. The Labute approximate surface area is 292 Å². The van der Waals surface area contributed by atoms with E-state index in [9.17, 15) is 35.9 Å². The average Bonchev–Trinajstić information content (AvgIpc) is 3.44. The minimum atomic E-state index is -4.64. The average molecular weight is 729 g/mol. The van der Waals surface area contributed by atoms with Gasteiger partial charge in [0.1, 0.15) is 12.8 Å². The molecule has 0 aromatic heterocycles. The third kappa shape index (κ3) is 7.83. The number of hydrogen-bond acceptors (Lipinski definition) is 4. The summed E-state index contributed by atoms with van der Waals surface area (Å²) in [6.45, 7) is 0.611. The van der Waals surface area contributed by atoms with Gasteiger partial charge >= 0.3 is 12.4 Å². The zero-order chi connectivity index (χ0) is 36.3. The van der Waals surface area contributed by atoms with E-state index in [1.165, 1.54) is 12.1 Å². The van der Waals surface area contributed by atoms with Crippen molar-refractivity contribution in [2.24, 2.45) is 0 Å². The van der Waals surface area contributed by atoms with Crippen LogP contribution < -0.4 is 10.6 Å². The number of rotatable bonds is 11. The number of amides is 2. The van der Waals surface area contributed by atoms with E-state index in [2.05, 4.69) is 5.32 Å². The first-order valence-corrected chi connectivity index (χ1v) is 17.8. The molecule has 268 valence electrons. The van der Waals surface area contributed by atoms with Gasteiger partial charge in [0.15, 0.2) is 0 Å². The Kier molecular flexibility index (Phi) is 10.9. The molecule has 0 spiro atoms. The maximum absolute atomic E-state index is 14.6. The molecule has 2 amide bonds. The summed E-state index contributed by atoms with van der Waals surface area (Å²) in [7, 11) is -2.04. The second kappa shape index (κ2) is 15.2. The van der Waals surface area contributed by atoms with Gasteiger partial charge in [-0.3, -0.25) is 9.59 Å². The third-order valence-electron chi connectivity index (χ3n) is 9.02. The number of nitrogens with one attached hydrogen (secondary N) is 1. The van der Waals surface area contributed by atoms with E-state index in [0.29, 0.717) is 75.5 Å². The Bertz CT molecular complexity index is 1880. The van der Waals surface area contributed by atoms with Crippen molar-refractivity contribution in [3.8, 4) is 33.4 Å². The molecule has 6 nitrogen and oxygen atoms in total. The molecular weight excluding hydrogens is 693 g/mol. The lowest BCUT2D eigenvalue weighted by atomic mass is 9.89. The quantitative estimate of drug-likeness (QED) is 0.0724. The van der Waals surface area contributed by atoms with E-state index in [1.807, 2.05) is 25.1 Å². The lowest BCUT2D eigenvalue weighted by Crippen LogP contribution is -2.43. The number of hydrogen-bond donors (Lipinski definition) is 1. The first-order chi connectivity index (χ1) is 24.4. The van der Waals surface area contributed by atoms with Crippen LogP contribution in [0.15, 0.2) is 84.9 Å². The van der Waals surface area contributed by atoms with Crippen molar-refractivity contribution in [2.75, 3.05) is 19.7 Å². The first kappa shape index (κ1) is 36.5. The maximum atomic E-state index is 14.6. The lowest BCUT2D eigenvalue weighted by molar-refractivity contribution is -0.161. The van der Waals surface area contributed by atoms with Gasteiger partial charge in [-0.1, -0.05) is 92.6 Å². The number of carbonyl (C=O) groups excluding carboxylic acids is 2. The molecule has 3 unspecified atom stereocenters. The Morgan fingerprint density at radius 2 is 1.53 bits per heavy atom. The predicted octanol–water partition coefficient (Wildman–Crippen LogP) is 9.18. The van der Waals surface area contributed by atoms with Crippen LogP contribution in [0.4, 0.5) is 26.3 Å². The van der Waals surface area contributed by atoms with Gasteiger partial charge in [0.05, 0.1) is 18.1 Å². The molecule has 1 aliphatic heterocycles. The van der Waals surface area contributed by atoms with Crippen LogP contribution in [-0.4, -0.2) is 49.3 Å². The zero-order valence-electron chi connectivity index (χ0n) is 27.6. The molecule has 0 radical (unpaired) electrons. The zero-order valence-corrected chi connectivity index (χ0v) is 28.5. The van der Waals surface area contributed by atoms with Crippen molar-refractivity contribution < 1.29 is 45.0 Å². The second-order valence-corrected chi connectivity index (χ2v) is 13.8. The van der Waals surface area contributed by atoms with E-state index in [-0.39, 0.29) is 13.2 Å². The van der Waals surface area contributed by atoms with Crippen LogP contribution in [0.1, 0.15) is 55.2 Å². The first-order valence-electron chi connectivity index (χ1n) is 16.6. The van der Waals surface area contributed by atoms with E-state index >= 15 is 0 Å². The topological polar surface area (TPSA) is 67.9 Å². The van der Waals surface area contributed by atoms with Crippen molar-refractivity contribution in [1.82, 2.24) is 10.2 Å². The van der Waals surface area contributed by atoms with Crippen LogP contribution >= 0.6 is 8.38 Å². The number of halogens is 6. The molecule has 1 heterocycles. The van der Waals surface area contributed by atoms with Crippen molar-refractivity contribution in [2.45, 2.75) is 57.1 Å². The van der Waals surface area contributed by atoms with Gasteiger partial charge in [-0.15, -0.1) is 0 Å². The summed E-state index contributed by atoms with van der Waals surface area (Å²) in [5.74, 6) is -1.85. The number of carbonyl (C=O) groups is 2. The fourth-order valence-corrected chi connectivity index (χ4v) is 8.53. The number of alkyl halides is 6. The lowest BCUT2D eigenvalue weighted by Gasteiger charge is -2.33. The fraction of sp³-hybridized carbons (Fsp3) is 0.316. The van der Waals surface area contributed by atoms with Gasteiger partial charge in [-0.05, 0) is 63.1 Å². The molecular formula is C38H35F6N2O4P. The number of benzene rings is 4. The molecule has 4 aromatic rings. The van der Waals surface area contributed by atoms with Crippen LogP contribution in [-0.2, 0) is 24.8 Å². The van der Waals surface area contributed by atoms with Gasteiger partial charge in [0, 0.05) is 18.3 Å². The Morgan fingerprint density at radius 3 is 2.20 bits per heavy atom. The van der Waals surface area contributed by atoms with Crippen molar-refractivity contribution in [3.63, 3.8) is 0 Å². The molecule has 1 fully saturated rings. The van der Waals surface area contributed by atoms with Crippen LogP contribution in [0.2, 0.25) is 0 Å². The summed E-state index contributed by atoms with van der Waals surface area (Å²) in [4.78, 5) is 26.9. The SMILES string of the molecule is CCCCCN(CC(F)(F)F)C(=O)C1c2ccccc2-c2ccc(-c3ccccc3-c3ccc(C(F)(F)F)cc3)c(P3OCCC(NC=O)O3)c21. The number of nitrogens with zero attached hydrogens (tertiary/aromatic N) is 1. The minimum absolute atomic E-state index is 0.0843. The molecule has 13 heteroatoms. The molecule has 2 aliphatic rings. The summed E-state index contributed by atoms with van der Waals surface area (Å²) >= 11 is 0. The highest BCUT2D eigenvalue weighted by Gasteiger charge is 2.44. The summed E-state index contributed by atoms with van der Waals surface area (Å²) in [6, 6.07) is 22.6. The Morgan fingerprint density at radius 1 is 0.863 bits per heavy atom. The predicted molar refractivity (Wildman–Crippen MR) is 183 cm³/mol. The molecule has 1 aliphatic carbocycles. The normalized spacial score (nSPS) is 18.5. The monoisotopic (exact) mass is 728 g/mol. The van der Waals surface area contributed by atoms with Gasteiger partial charge in [-0.2, -0.15) is 26.3 Å². The van der Waals surface area contributed by atoms with Gasteiger partial charge in [-0.25, -0.2) is 0 Å². The fourth-order valence-electron chi connectivity index (χ4n) is 6.73. The summed E-state index contributed by atoms with van der Waals surface area (Å²) in [5, 5.41) is 3.08. The standard InChI is InChI=1S/C38H35F6N2O4P/c1-2-3-8-20-46(22-37(39,40)41)36(48)34-29-12-7-6-11-28(29)30-17-18-31(35(33(30)34)51-49-21-19-32(50-51)45-23-47)27-10-5-4-9-26(27)24-13-15-25(16-14-24)38(42,43)44/h4-7,9-18,23,32,34H,2-3,8,19-22H2,1H3,(H,45,47). The molecule has 1 N–H and O–H groups in total. The molecule has 0 saturated carbocycles. The largest absolute Gasteiger partial charge is 0.416 e. The highest BCUT2D eigenvalue weighted by atomic mass is 31.2. The Hall–Kier alpha value is -4.25. The Balaban J connectivity index is 1.57. The third-order valence-corrected chi connectivity index (χ3v) is 10.7. The van der Waals surface area contributed by atoms with Gasteiger partial charge < -0.3 is 19.3 Å². The molecule has 0 bridgehead atoms. The molecule has 6 rings (SSSR count). The van der Waals surface area contributed by atoms with Crippen LogP contribution in [0.3, 0.4) is 0 Å². The molecule has 51 heavy (non-hydrogen) atoms. The highest BCUT2D eigenvalue weighted by molar-refractivity contribution is 7.56. The summed E-state index contributed by atoms with van der Waals surface area (Å²) < 4.78 is 94.9. The smallest absolute Gasteiger partial charge is 0.333 e. The van der Waals surface area contributed by atoms with Crippen LogP contribution in [0, 0.1) is 0 Å². The van der Waals surface area contributed by atoms with E-state index < -0.39 is 50.9 Å². The molecule has 3 atom stereocenters. The van der Waals surface area contributed by atoms with Gasteiger partial charge in [0.2, 0.25) is 20.7 Å². The number of fused-ring (bicyclic) bond motifs is 3.